The normalized spacial score (nSPS) is 11.8. The van der Waals surface area contributed by atoms with Crippen molar-refractivity contribution in [1.82, 2.24) is 0 Å². The SMILES string of the molecule is CCN(CC)p1oc2ccc3ccccc3c2c2c(ccc3ccccc32)o1.CCN(CC)p1oc2ccc3ccccc3c2c2c(ccc3ccccc32)o1. The van der Waals surface area contributed by atoms with Gasteiger partial charge in [0.1, 0.15) is 22.3 Å². The Hall–Kier alpha value is -5.48. The molecule has 0 aliphatic carbocycles. The van der Waals surface area contributed by atoms with E-state index in [1.54, 1.807) is 0 Å². The van der Waals surface area contributed by atoms with Crippen LogP contribution in [0, 0.1) is 0 Å². The van der Waals surface area contributed by atoms with Gasteiger partial charge >= 0.3 is 16.3 Å². The molecule has 0 unspecified atom stereocenters. The van der Waals surface area contributed by atoms with Crippen LogP contribution in [0.15, 0.2) is 162 Å². The van der Waals surface area contributed by atoms with E-state index in [4.69, 9.17) is 16.8 Å². The van der Waals surface area contributed by atoms with Crippen LogP contribution in [0.3, 0.4) is 0 Å². The van der Waals surface area contributed by atoms with Crippen molar-refractivity contribution in [1.29, 1.82) is 0 Å². The first kappa shape index (κ1) is 36.2. The van der Waals surface area contributed by atoms with E-state index in [9.17, 15) is 0 Å². The van der Waals surface area contributed by atoms with Crippen LogP contribution in [0.1, 0.15) is 27.7 Å². The molecule has 0 aliphatic rings. The van der Waals surface area contributed by atoms with Crippen molar-refractivity contribution in [3.63, 3.8) is 0 Å². The van der Waals surface area contributed by atoms with Crippen LogP contribution in [-0.4, -0.2) is 26.2 Å². The lowest BCUT2D eigenvalue weighted by atomic mass is 9.99. The molecular formula is C48H44N2O4P2. The van der Waals surface area contributed by atoms with Gasteiger partial charge in [0.2, 0.25) is 0 Å². The van der Waals surface area contributed by atoms with E-state index < -0.39 is 16.3 Å². The van der Waals surface area contributed by atoms with Crippen molar-refractivity contribution >= 4 is 103 Å². The summed E-state index contributed by atoms with van der Waals surface area (Å²) in [5.74, 6) is 0. The van der Waals surface area contributed by atoms with Gasteiger partial charge in [0, 0.05) is 47.7 Å². The molecule has 0 saturated carbocycles. The molecule has 2 aromatic heterocycles. The average Bonchev–Trinajstić information content (AvgIpc) is 3.53. The van der Waals surface area contributed by atoms with Crippen molar-refractivity contribution in [3.8, 4) is 0 Å². The Balaban J connectivity index is 0.000000146. The molecular weight excluding hydrogens is 730 g/mol. The molecule has 0 aliphatic heterocycles. The maximum absolute atomic E-state index is 6.51. The summed E-state index contributed by atoms with van der Waals surface area (Å²) in [7, 11) is -2.43. The predicted molar refractivity (Wildman–Crippen MR) is 241 cm³/mol. The minimum Gasteiger partial charge on any atom is -0.408 e. The number of benzene rings is 8. The number of fused-ring (bicyclic) bond motifs is 14. The molecule has 0 bridgehead atoms. The Kier molecular flexibility index (Phi) is 10.1. The monoisotopic (exact) mass is 774 g/mol. The summed E-state index contributed by atoms with van der Waals surface area (Å²) >= 11 is 0. The largest absolute Gasteiger partial charge is 0.408 e. The van der Waals surface area contributed by atoms with E-state index >= 15 is 0 Å². The van der Waals surface area contributed by atoms with Crippen LogP contribution in [0.5, 0.6) is 0 Å². The lowest BCUT2D eigenvalue weighted by molar-refractivity contribution is 0.623. The lowest BCUT2D eigenvalue weighted by Gasteiger charge is -2.13. The van der Waals surface area contributed by atoms with E-state index in [-0.39, 0.29) is 0 Å². The summed E-state index contributed by atoms with van der Waals surface area (Å²) in [6, 6.07) is 50.9. The van der Waals surface area contributed by atoms with Crippen molar-refractivity contribution in [2.24, 2.45) is 0 Å². The van der Waals surface area contributed by atoms with Gasteiger partial charge in [-0.2, -0.15) is 0 Å². The first-order valence-corrected chi connectivity index (χ1v) is 21.8. The van der Waals surface area contributed by atoms with Crippen LogP contribution >= 0.6 is 16.3 Å². The predicted octanol–water partition coefficient (Wildman–Crippen LogP) is 15.1. The molecule has 8 aromatic carbocycles. The fourth-order valence-corrected chi connectivity index (χ4v) is 10.6. The summed E-state index contributed by atoms with van der Waals surface area (Å²) < 4.78 is 30.5. The minimum absolute atomic E-state index is 0.883. The molecule has 0 saturated heterocycles. The highest BCUT2D eigenvalue weighted by Gasteiger charge is 2.17. The van der Waals surface area contributed by atoms with Gasteiger partial charge in [-0.05, 0) is 67.4 Å². The van der Waals surface area contributed by atoms with Gasteiger partial charge < -0.3 is 16.8 Å². The molecule has 8 heteroatoms. The second-order valence-corrected chi connectivity index (χ2v) is 16.6. The Morgan fingerprint density at radius 2 is 0.554 bits per heavy atom. The molecule has 0 fully saturated rings. The van der Waals surface area contributed by atoms with Gasteiger partial charge in [-0.15, -0.1) is 0 Å². The molecule has 0 atom stereocenters. The molecule has 0 amide bonds. The fraction of sp³-hybridized carbons (Fsp3) is 0.167. The van der Waals surface area contributed by atoms with Crippen LogP contribution in [0.4, 0.5) is 0 Å². The molecule has 0 N–H and O–H groups in total. The zero-order valence-electron chi connectivity index (χ0n) is 32.1. The molecule has 280 valence electrons. The van der Waals surface area contributed by atoms with Crippen LogP contribution in [0.2, 0.25) is 0 Å². The summed E-state index contributed by atoms with van der Waals surface area (Å²) in [4.78, 5) is 0. The summed E-state index contributed by atoms with van der Waals surface area (Å²) in [6.45, 7) is 12.1. The van der Waals surface area contributed by atoms with Crippen LogP contribution < -0.4 is 9.34 Å². The average molecular weight is 775 g/mol. The summed E-state index contributed by atoms with van der Waals surface area (Å²) in [5.41, 5.74) is 3.58. The molecule has 6 nitrogen and oxygen atoms in total. The van der Waals surface area contributed by atoms with E-state index in [1.807, 2.05) is 0 Å². The third-order valence-corrected chi connectivity index (χ3v) is 14.2. The van der Waals surface area contributed by atoms with Gasteiger partial charge in [0.15, 0.2) is 0 Å². The number of hydrogen-bond donors (Lipinski definition) is 0. The highest BCUT2D eigenvalue weighted by Crippen LogP contribution is 2.43. The van der Waals surface area contributed by atoms with E-state index in [2.05, 4.69) is 183 Å². The third kappa shape index (κ3) is 6.43. The fourth-order valence-electron chi connectivity index (χ4n) is 7.86. The van der Waals surface area contributed by atoms with E-state index in [0.29, 0.717) is 0 Å². The van der Waals surface area contributed by atoms with Crippen LogP contribution in [-0.2, 0) is 0 Å². The highest BCUT2D eigenvalue weighted by atomic mass is 31.1. The van der Waals surface area contributed by atoms with Gasteiger partial charge in [0.05, 0.1) is 0 Å². The third-order valence-electron chi connectivity index (χ3n) is 10.7. The Morgan fingerprint density at radius 3 is 0.786 bits per heavy atom. The van der Waals surface area contributed by atoms with Crippen molar-refractivity contribution in [2.75, 3.05) is 35.5 Å². The van der Waals surface area contributed by atoms with Crippen LogP contribution in [0.25, 0.3) is 87.0 Å². The Morgan fingerprint density at radius 1 is 0.321 bits per heavy atom. The second kappa shape index (κ2) is 15.6. The maximum atomic E-state index is 6.51. The molecule has 10 aromatic rings. The summed E-state index contributed by atoms with van der Waals surface area (Å²) in [5, 5.41) is 14.1. The zero-order chi connectivity index (χ0) is 38.2. The minimum atomic E-state index is -1.21. The topological polar surface area (TPSA) is 59.0 Å². The quantitative estimate of drug-likeness (QED) is 0.168. The smallest absolute Gasteiger partial charge is 0.309 e. The number of hydrogen-bond acceptors (Lipinski definition) is 6. The standard InChI is InChI=1S/2C24H22NO2P/c2*1-3-25(4-2)28-26-21-15-13-17-9-5-7-11-19(17)23(21)24-20-12-8-6-10-18(20)14-16-22(24)27-28/h2*5-16H,3-4H2,1-2H3. The van der Waals surface area contributed by atoms with Gasteiger partial charge in [-0.1, -0.05) is 149 Å². The molecule has 0 radical (unpaired) electrons. The molecule has 0 spiro atoms. The first-order valence-electron chi connectivity index (χ1n) is 19.5. The zero-order valence-corrected chi connectivity index (χ0v) is 33.9. The van der Waals surface area contributed by atoms with Gasteiger partial charge in [-0.3, -0.25) is 0 Å². The van der Waals surface area contributed by atoms with Crippen molar-refractivity contribution < 1.29 is 16.8 Å². The molecule has 10 rings (SSSR count). The first-order chi connectivity index (χ1) is 27.6. The van der Waals surface area contributed by atoms with E-state index in [1.165, 1.54) is 43.1 Å². The lowest BCUT2D eigenvalue weighted by Crippen LogP contribution is -2.17. The second-order valence-electron chi connectivity index (χ2n) is 13.8. The molecule has 56 heavy (non-hydrogen) atoms. The Labute approximate surface area is 327 Å². The summed E-state index contributed by atoms with van der Waals surface area (Å²) in [6.07, 6.45) is 0. The number of nitrogens with zero attached hydrogens (tertiary/aromatic N) is 2. The number of rotatable bonds is 6. The van der Waals surface area contributed by atoms with E-state index in [0.717, 1.165) is 70.1 Å². The van der Waals surface area contributed by atoms with Crippen molar-refractivity contribution in [3.05, 3.63) is 146 Å². The van der Waals surface area contributed by atoms with Crippen molar-refractivity contribution in [2.45, 2.75) is 27.7 Å². The van der Waals surface area contributed by atoms with Gasteiger partial charge in [0.25, 0.3) is 0 Å². The highest BCUT2D eigenvalue weighted by molar-refractivity contribution is 7.39. The maximum Gasteiger partial charge on any atom is 0.309 e. The van der Waals surface area contributed by atoms with Gasteiger partial charge in [-0.25, -0.2) is 9.34 Å². The Bertz CT molecular complexity index is 2720. The molecule has 2 heterocycles.